The number of hydrogen-bond acceptors (Lipinski definition) is 3. The predicted molar refractivity (Wildman–Crippen MR) is 70.3 cm³/mol. The van der Waals surface area contributed by atoms with E-state index in [1.54, 1.807) is 6.20 Å². The van der Waals surface area contributed by atoms with E-state index in [2.05, 4.69) is 18.9 Å². The molecule has 0 aliphatic rings. The van der Waals surface area contributed by atoms with Crippen molar-refractivity contribution in [2.45, 2.75) is 26.5 Å². The van der Waals surface area contributed by atoms with Crippen LogP contribution in [0.4, 0.5) is 0 Å². The lowest BCUT2D eigenvalue weighted by Gasteiger charge is -2.09. The minimum absolute atomic E-state index is 0.0135. The van der Waals surface area contributed by atoms with Gasteiger partial charge in [-0.1, -0.05) is 26.0 Å². The molecule has 1 N–H and O–H groups in total. The van der Waals surface area contributed by atoms with Gasteiger partial charge in [0.05, 0.1) is 0 Å². The molecule has 0 saturated carbocycles. The highest BCUT2D eigenvalue weighted by Gasteiger charge is 2.07. The van der Waals surface area contributed by atoms with Gasteiger partial charge in [0.25, 0.3) is 0 Å². The third kappa shape index (κ3) is 3.34. The molecule has 0 aliphatic heterocycles. The molecule has 0 unspecified atom stereocenters. The summed E-state index contributed by atoms with van der Waals surface area (Å²) in [5.74, 6) is 0.144. The van der Waals surface area contributed by atoms with Gasteiger partial charge in [-0.15, -0.1) is 0 Å². The van der Waals surface area contributed by atoms with Gasteiger partial charge in [-0.25, -0.2) is 9.48 Å². The second-order valence-corrected chi connectivity index (χ2v) is 4.55. The van der Waals surface area contributed by atoms with E-state index < -0.39 is 5.97 Å². The summed E-state index contributed by atoms with van der Waals surface area (Å²) in [6.07, 6.45) is 1.58. The number of carboxylic acid groups (broad SMARTS) is 1. The molecule has 5 nitrogen and oxygen atoms in total. The Morgan fingerprint density at radius 1 is 1.42 bits per heavy atom. The monoisotopic (exact) mass is 260 g/mol. The molecule has 19 heavy (non-hydrogen) atoms. The Morgan fingerprint density at radius 2 is 2.21 bits per heavy atom. The number of hydrogen-bond donors (Lipinski definition) is 1. The molecule has 0 spiro atoms. The van der Waals surface area contributed by atoms with Crippen molar-refractivity contribution in [3.8, 4) is 5.75 Å². The molecule has 1 aromatic carbocycles. The lowest BCUT2D eigenvalue weighted by molar-refractivity contribution is 0.0688. The van der Waals surface area contributed by atoms with Crippen LogP contribution < -0.4 is 4.74 Å². The largest absolute Gasteiger partial charge is 0.476 e. The third-order valence-electron chi connectivity index (χ3n) is 2.75. The number of aromatic carboxylic acids is 1. The summed E-state index contributed by atoms with van der Waals surface area (Å²) in [6, 6.07) is 9.28. The Labute approximate surface area is 111 Å². The zero-order chi connectivity index (χ0) is 13.8. The van der Waals surface area contributed by atoms with Crippen molar-refractivity contribution in [3.63, 3.8) is 0 Å². The molecule has 100 valence electrons. The smallest absolute Gasteiger partial charge is 0.356 e. The number of carboxylic acids is 1. The van der Waals surface area contributed by atoms with Crippen LogP contribution in [0.1, 0.15) is 35.8 Å². The van der Waals surface area contributed by atoms with E-state index >= 15 is 0 Å². The van der Waals surface area contributed by atoms with E-state index in [0.717, 1.165) is 5.75 Å². The van der Waals surface area contributed by atoms with Crippen LogP contribution in [0, 0.1) is 0 Å². The van der Waals surface area contributed by atoms with Crippen LogP contribution in [0.2, 0.25) is 0 Å². The maximum absolute atomic E-state index is 10.7. The molecule has 2 rings (SSSR count). The number of rotatable bonds is 5. The van der Waals surface area contributed by atoms with E-state index in [-0.39, 0.29) is 12.4 Å². The molecule has 0 bridgehead atoms. The van der Waals surface area contributed by atoms with Gasteiger partial charge >= 0.3 is 5.97 Å². The Hall–Kier alpha value is -2.30. The molecule has 1 heterocycles. The molecule has 0 amide bonds. The normalized spacial score (nSPS) is 10.7. The highest BCUT2D eigenvalue weighted by molar-refractivity contribution is 5.84. The van der Waals surface area contributed by atoms with Crippen LogP contribution in [0.15, 0.2) is 36.5 Å². The number of benzene rings is 1. The lowest BCUT2D eigenvalue weighted by Crippen LogP contribution is -2.07. The van der Waals surface area contributed by atoms with E-state index in [9.17, 15) is 4.79 Å². The van der Waals surface area contributed by atoms with Crippen molar-refractivity contribution in [2.24, 2.45) is 0 Å². The van der Waals surface area contributed by atoms with Gasteiger partial charge in [0, 0.05) is 6.20 Å². The SMILES string of the molecule is CC(C)c1cccc(OCn2ccc(C(=O)O)n2)c1. The molecule has 0 atom stereocenters. The number of ether oxygens (including phenoxy) is 1. The van der Waals surface area contributed by atoms with Crippen molar-refractivity contribution in [1.82, 2.24) is 9.78 Å². The number of aromatic nitrogens is 2. The number of carbonyl (C=O) groups is 1. The van der Waals surface area contributed by atoms with Crippen molar-refractivity contribution >= 4 is 5.97 Å². The summed E-state index contributed by atoms with van der Waals surface area (Å²) in [4.78, 5) is 10.7. The van der Waals surface area contributed by atoms with Crippen molar-refractivity contribution in [1.29, 1.82) is 0 Å². The second-order valence-electron chi connectivity index (χ2n) is 4.55. The molecule has 0 fully saturated rings. The van der Waals surface area contributed by atoms with Crippen LogP contribution in [-0.2, 0) is 6.73 Å². The first-order valence-electron chi connectivity index (χ1n) is 6.06. The minimum Gasteiger partial charge on any atom is -0.476 e. The van der Waals surface area contributed by atoms with Gasteiger partial charge in [-0.2, -0.15) is 5.10 Å². The van der Waals surface area contributed by atoms with Gasteiger partial charge in [0.15, 0.2) is 12.4 Å². The van der Waals surface area contributed by atoms with E-state index in [4.69, 9.17) is 9.84 Å². The first kappa shape index (κ1) is 13.1. The maximum Gasteiger partial charge on any atom is 0.356 e. The fraction of sp³-hybridized carbons (Fsp3) is 0.286. The summed E-state index contributed by atoms with van der Waals surface area (Å²) in [6.45, 7) is 4.42. The quantitative estimate of drug-likeness (QED) is 0.897. The van der Waals surface area contributed by atoms with Crippen LogP contribution >= 0.6 is 0 Å². The lowest BCUT2D eigenvalue weighted by atomic mass is 10.0. The summed E-state index contributed by atoms with van der Waals surface area (Å²) in [5, 5.41) is 12.6. The van der Waals surface area contributed by atoms with Gasteiger partial charge in [0.2, 0.25) is 0 Å². The molecule has 0 aliphatic carbocycles. The first-order valence-corrected chi connectivity index (χ1v) is 6.06. The summed E-state index contributed by atoms with van der Waals surface area (Å²) < 4.78 is 7.03. The Kier molecular flexibility index (Phi) is 3.85. The molecule has 2 aromatic rings. The predicted octanol–water partition coefficient (Wildman–Crippen LogP) is 2.74. The van der Waals surface area contributed by atoms with E-state index in [1.165, 1.54) is 16.3 Å². The molecule has 1 aromatic heterocycles. The van der Waals surface area contributed by atoms with Crippen molar-refractivity contribution in [3.05, 3.63) is 47.8 Å². The van der Waals surface area contributed by atoms with Gasteiger partial charge in [0.1, 0.15) is 5.75 Å². The average Bonchev–Trinajstić information content (AvgIpc) is 2.85. The van der Waals surface area contributed by atoms with Crippen LogP contribution in [-0.4, -0.2) is 20.9 Å². The molecule has 5 heteroatoms. The van der Waals surface area contributed by atoms with Crippen LogP contribution in [0.5, 0.6) is 5.75 Å². The fourth-order valence-corrected chi connectivity index (χ4v) is 1.65. The van der Waals surface area contributed by atoms with Crippen molar-refractivity contribution in [2.75, 3.05) is 0 Å². The Bertz CT molecular complexity index is 576. The third-order valence-corrected chi connectivity index (χ3v) is 2.75. The van der Waals surface area contributed by atoms with Crippen molar-refractivity contribution < 1.29 is 14.6 Å². The Balaban J connectivity index is 2.01. The molecule has 0 saturated heterocycles. The molecular weight excluding hydrogens is 244 g/mol. The first-order chi connectivity index (χ1) is 9.06. The van der Waals surface area contributed by atoms with E-state index in [1.807, 2.05) is 24.3 Å². The molecular formula is C14H16N2O3. The summed E-state index contributed by atoms with van der Waals surface area (Å²) in [5.41, 5.74) is 1.21. The molecule has 0 radical (unpaired) electrons. The maximum atomic E-state index is 10.7. The van der Waals surface area contributed by atoms with Gasteiger partial charge < -0.3 is 9.84 Å². The minimum atomic E-state index is -1.04. The van der Waals surface area contributed by atoms with Crippen LogP contribution in [0.25, 0.3) is 0 Å². The second kappa shape index (κ2) is 5.56. The number of nitrogens with zero attached hydrogens (tertiary/aromatic N) is 2. The highest BCUT2D eigenvalue weighted by atomic mass is 16.5. The zero-order valence-corrected chi connectivity index (χ0v) is 10.9. The zero-order valence-electron chi connectivity index (χ0n) is 10.9. The summed E-state index contributed by atoms with van der Waals surface area (Å²) >= 11 is 0. The summed E-state index contributed by atoms with van der Waals surface area (Å²) in [7, 11) is 0. The standard InChI is InChI=1S/C14H16N2O3/c1-10(2)11-4-3-5-12(8-11)19-9-16-7-6-13(15-16)14(17)18/h3-8,10H,9H2,1-2H3,(H,17,18). The Morgan fingerprint density at radius 3 is 2.84 bits per heavy atom. The van der Waals surface area contributed by atoms with E-state index in [0.29, 0.717) is 5.92 Å². The average molecular weight is 260 g/mol. The topological polar surface area (TPSA) is 64.3 Å². The van der Waals surface area contributed by atoms with Gasteiger partial charge in [-0.3, -0.25) is 0 Å². The fourth-order valence-electron chi connectivity index (χ4n) is 1.65. The highest BCUT2D eigenvalue weighted by Crippen LogP contribution is 2.20. The van der Waals surface area contributed by atoms with Gasteiger partial charge in [-0.05, 0) is 29.7 Å². The van der Waals surface area contributed by atoms with Crippen LogP contribution in [0.3, 0.4) is 0 Å².